The molecule has 16 heavy (non-hydrogen) atoms. The number of hydrogen-bond donors (Lipinski definition) is 1. The first-order valence-electron chi connectivity index (χ1n) is 5.12. The Bertz CT molecular complexity index is 474. The summed E-state index contributed by atoms with van der Waals surface area (Å²) in [5, 5.41) is 0. The number of hydrogen-bond acceptors (Lipinski definition) is 3. The molecule has 0 fully saturated rings. The first-order chi connectivity index (χ1) is 7.74. The van der Waals surface area contributed by atoms with Crippen LogP contribution in [0.1, 0.15) is 11.3 Å². The van der Waals surface area contributed by atoms with Crippen molar-refractivity contribution in [2.45, 2.75) is 12.8 Å². The van der Waals surface area contributed by atoms with Crippen LogP contribution in [0.4, 0.5) is 5.69 Å². The van der Waals surface area contributed by atoms with Gasteiger partial charge in [0.25, 0.3) is 0 Å². The highest BCUT2D eigenvalue weighted by Gasteiger charge is 2.07. The molecule has 3 nitrogen and oxygen atoms in total. The largest absolute Gasteiger partial charge is 0.469 e. The van der Waals surface area contributed by atoms with Gasteiger partial charge in [-0.25, -0.2) is 0 Å². The second-order valence-electron chi connectivity index (χ2n) is 3.72. The van der Waals surface area contributed by atoms with Gasteiger partial charge in [0.1, 0.15) is 11.5 Å². The summed E-state index contributed by atoms with van der Waals surface area (Å²) < 4.78 is 5.12. The van der Waals surface area contributed by atoms with Gasteiger partial charge < -0.3 is 10.2 Å². The van der Waals surface area contributed by atoms with Gasteiger partial charge in [-0.05, 0) is 29.8 Å². The summed E-state index contributed by atoms with van der Waals surface area (Å²) in [6, 6.07) is 11.0. The zero-order valence-electron chi connectivity index (χ0n) is 8.85. The van der Waals surface area contributed by atoms with Crippen molar-refractivity contribution < 1.29 is 9.21 Å². The van der Waals surface area contributed by atoms with Crippen LogP contribution in [0.25, 0.3) is 0 Å². The van der Waals surface area contributed by atoms with Gasteiger partial charge >= 0.3 is 0 Å². The Morgan fingerprint density at radius 3 is 2.75 bits per heavy atom. The minimum atomic E-state index is 0.126. The van der Waals surface area contributed by atoms with Crippen LogP contribution in [-0.2, 0) is 17.6 Å². The summed E-state index contributed by atoms with van der Waals surface area (Å²) in [7, 11) is 0. The fourth-order valence-electron chi connectivity index (χ4n) is 1.60. The van der Waals surface area contributed by atoms with Gasteiger partial charge in [-0.2, -0.15) is 0 Å². The Balaban J connectivity index is 1.97. The predicted molar refractivity (Wildman–Crippen MR) is 62.0 cm³/mol. The Morgan fingerprint density at radius 2 is 2.06 bits per heavy atom. The number of carbonyl (C=O) groups excluding carboxylic acids is 1. The monoisotopic (exact) mass is 215 g/mol. The van der Waals surface area contributed by atoms with E-state index in [0.29, 0.717) is 24.3 Å². The summed E-state index contributed by atoms with van der Waals surface area (Å²) in [5.74, 6) is 0.828. The van der Waals surface area contributed by atoms with Crippen molar-refractivity contribution in [1.29, 1.82) is 0 Å². The van der Waals surface area contributed by atoms with Gasteiger partial charge in [-0.1, -0.05) is 12.1 Å². The molecule has 1 aromatic carbocycles. The standard InChI is InChI=1S/C13H13NO2/c14-11-4-1-3-10(7-11)8-12(15)9-13-5-2-6-16-13/h1-7H,8-9,14H2. The second-order valence-corrected chi connectivity index (χ2v) is 3.72. The van der Waals surface area contributed by atoms with Crippen LogP contribution >= 0.6 is 0 Å². The smallest absolute Gasteiger partial charge is 0.144 e. The van der Waals surface area contributed by atoms with Crippen molar-refractivity contribution in [3.05, 3.63) is 54.0 Å². The number of anilines is 1. The topological polar surface area (TPSA) is 56.2 Å². The maximum absolute atomic E-state index is 11.7. The van der Waals surface area contributed by atoms with Crippen molar-refractivity contribution in [1.82, 2.24) is 0 Å². The predicted octanol–water partition coefficient (Wildman–Crippen LogP) is 2.22. The summed E-state index contributed by atoms with van der Waals surface area (Å²) in [6.45, 7) is 0. The molecule has 82 valence electrons. The first-order valence-corrected chi connectivity index (χ1v) is 5.12. The molecule has 0 bridgehead atoms. The molecule has 0 aliphatic carbocycles. The molecular weight excluding hydrogens is 202 g/mol. The van der Waals surface area contributed by atoms with Gasteiger partial charge in [0, 0.05) is 12.1 Å². The molecule has 1 heterocycles. The lowest BCUT2D eigenvalue weighted by atomic mass is 10.1. The number of carbonyl (C=O) groups is 1. The molecule has 2 rings (SSSR count). The fourth-order valence-corrected chi connectivity index (χ4v) is 1.60. The Labute approximate surface area is 93.9 Å². The lowest BCUT2D eigenvalue weighted by Crippen LogP contribution is -2.06. The molecule has 0 saturated heterocycles. The molecule has 2 aromatic rings. The number of benzene rings is 1. The number of rotatable bonds is 4. The molecule has 3 heteroatoms. The lowest BCUT2D eigenvalue weighted by Gasteiger charge is -2.01. The Kier molecular flexibility index (Phi) is 3.05. The average Bonchev–Trinajstić information content (AvgIpc) is 2.70. The van der Waals surface area contributed by atoms with E-state index >= 15 is 0 Å². The third-order valence-corrected chi connectivity index (χ3v) is 2.30. The number of furan rings is 1. The van der Waals surface area contributed by atoms with E-state index in [0.717, 1.165) is 5.56 Å². The Morgan fingerprint density at radius 1 is 1.19 bits per heavy atom. The van der Waals surface area contributed by atoms with E-state index in [1.807, 2.05) is 18.2 Å². The molecule has 0 saturated carbocycles. The normalized spacial score (nSPS) is 10.2. The quantitative estimate of drug-likeness (QED) is 0.795. The fraction of sp³-hybridized carbons (Fsp3) is 0.154. The summed E-state index contributed by atoms with van der Waals surface area (Å²) in [6.07, 6.45) is 2.30. The van der Waals surface area contributed by atoms with E-state index in [2.05, 4.69) is 0 Å². The van der Waals surface area contributed by atoms with Crippen molar-refractivity contribution in [2.24, 2.45) is 0 Å². The molecule has 2 N–H and O–H groups in total. The molecule has 0 radical (unpaired) electrons. The van der Waals surface area contributed by atoms with Crippen LogP contribution in [0.15, 0.2) is 47.1 Å². The SMILES string of the molecule is Nc1cccc(CC(=O)Cc2ccco2)c1. The van der Waals surface area contributed by atoms with Crippen molar-refractivity contribution in [3.8, 4) is 0 Å². The van der Waals surface area contributed by atoms with Gasteiger partial charge in [0.2, 0.25) is 0 Å². The van der Waals surface area contributed by atoms with Crippen LogP contribution in [-0.4, -0.2) is 5.78 Å². The number of nitrogen functional groups attached to an aromatic ring is 1. The van der Waals surface area contributed by atoms with Gasteiger partial charge in [-0.15, -0.1) is 0 Å². The highest BCUT2D eigenvalue weighted by Crippen LogP contribution is 2.09. The zero-order chi connectivity index (χ0) is 11.4. The average molecular weight is 215 g/mol. The second kappa shape index (κ2) is 4.66. The summed E-state index contributed by atoms with van der Waals surface area (Å²) >= 11 is 0. The van der Waals surface area contributed by atoms with E-state index < -0.39 is 0 Å². The third-order valence-electron chi connectivity index (χ3n) is 2.30. The van der Waals surface area contributed by atoms with Crippen molar-refractivity contribution >= 4 is 11.5 Å². The van der Waals surface area contributed by atoms with E-state index in [9.17, 15) is 4.79 Å². The highest BCUT2D eigenvalue weighted by molar-refractivity contribution is 5.82. The third kappa shape index (κ3) is 2.73. The number of nitrogens with two attached hydrogens (primary N) is 1. The maximum Gasteiger partial charge on any atom is 0.144 e. The highest BCUT2D eigenvalue weighted by atomic mass is 16.3. The molecule has 0 aliphatic rings. The van der Waals surface area contributed by atoms with E-state index in [1.165, 1.54) is 0 Å². The van der Waals surface area contributed by atoms with E-state index in [4.69, 9.17) is 10.2 Å². The molecule has 0 spiro atoms. The minimum absolute atomic E-state index is 0.126. The summed E-state index contributed by atoms with van der Waals surface area (Å²) in [5.41, 5.74) is 7.27. The Hall–Kier alpha value is -2.03. The van der Waals surface area contributed by atoms with Crippen molar-refractivity contribution in [2.75, 3.05) is 5.73 Å². The molecule has 0 aliphatic heterocycles. The molecule has 0 amide bonds. The molecule has 0 atom stereocenters. The maximum atomic E-state index is 11.7. The van der Waals surface area contributed by atoms with Crippen LogP contribution in [0.5, 0.6) is 0 Å². The van der Waals surface area contributed by atoms with Crippen LogP contribution < -0.4 is 5.73 Å². The van der Waals surface area contributed by atoms with Crippen LogP contribution in [0.3, 0.4) is 0 Å². The molecular formula is C13H13NO2. The number of ketones is 1. The lowest BCUT2D eigenvalue weighted by molar-refractivity contribution is -0.118. The van der Waals surface area contributed by atoms with E-state index in [-0.39, 0.29) is 5.78 Å². The van der Waals surface area contributed by atoms with Gasteiger partial charge in [0.05, 0.1) is 12.7 Å². The summed E-state index contributed by atoms with van der Waals surface area (Å²) in [4.78, 5) is 11.7. The first kappa shape index (κ1) is 10.5. The molecule has 0 unspecified atom stereocenters. The van der Waals surface area contributed by atoms with Crippen LogP contribution in [0.2, 0.25) is 0 Å². The zero-order valence-corrected chi connectivity index (χ0v) is 8.85. The van der Waals surface area contributed by atoms with Crippen molar-refractivity contribution in [3.63, 3.8) is 0 Å². The van der Waals surface area contributed by atoms with Gasteiger partial charge in [0.15, 0.2) is 0 Å². The van der Waals surface area contributed by atoms with E-state index in [1.54, 1.807) is 24.5 Å². The minimum Gasteiger partial charge on any atom is -0.469 e. The molecule has 1 aromatic heterocycles. The number of Topliss-reactive ketones (excluding diaryl/α,β-unsaturated/α-hetero) is 1. The van der Waals surface area contributed by atoms with Crippen LogP contribution in [0, 0.1) is 0 Å². The van der Waals surface area contributed by atoms with Gasteiger partial charge in [-0.3, -0.25) is 4.79 Å².